The quantitative estimate of drug-likeness (QED) is 0.907. The molecule has 4 nitrogen and oxygen atoms in total. The maximum Gasteiger partial charge on any atom is 0.282 e. The molecule has 0 saturated heterocycles. The van der Waals surface area contributed by atoms with E-state index in [0.717, 1.165) is 16.9 Å². The summed E-state index contributed by atoms with van der Waals surface area (Å²) in [6.45, 7) is 2.60. The lowest BCUT2D eigenvalue weighted by Gasteiger charge is -2.07. The van der Waals surface area contributed by atoms with E-state index in [-0.39, 0.29) is 12.1 Å². The molecule has 1 heterocycles. The average Bonchev–Trinajstić information content (AvgIpc) is 2.94. The summed E-state index contributed by atoms with van der Waals surface area (Å²) in [7, 11) is 0. The normalized spacial score (nSPS) is 17.3. The highest BCUT2D eigenvalue weighted by Gasteiger charge is 2.12. The summed E-state index contributed by atoms with van der Waals surface area (Å²) in [6.07, 6.45) is 4.04. The minimum atomic E-state index is 0.0189. The minimum absolute atomic E-state index is 0.0189. The van der Waals surface area contributed by atoms with Gasteiger partial charge in [-0.25, -0.2) is 4.99 Å². The van der Waals surface area contributed by atoms with E-state index in [0.29, 0.717) is 6.61 Å². The Labute approximate surface area is 130 Å². The van der Waals surface area contributed by atoms with Crippen LogP contribution in [0.3, 0.4) is 0 Å². The van der Waals surface area contributed by atoms with Crippen molar-refractivity contribution in [1.82, 2.24) is 0 Å². The lowest BCUT2D eigenvalue weighted by molar-refractivity contribution is 0.327. The van der Waals surface area contributed by atoms with Gasteiger partial charge in [0.25, 0.3) is 6.02 Å². The van der Waals surface area contributed by atoms with Crippen molar-refractivity contribution in [2.75, 3.05) is 11.9 Å². The third kappa shape index (κ3) is 3.67. The number of ether oxygens (including phenoxy) is 1. The van der Waals surface area contributed by atoms with Gasteiger partial charge in [0.05, 0.1) is 0 Å². The third-order valence-corrected chi connectivity index (χ3v) is 3.46. The van der Waals surface area contributed by atoms with Gasteiger partial charge < -0.3 is 15.8 Å². The van der Waals surface area contributed by atoms with Gasteiger partial charge in [-0.05, 0) is 36.8 Å². The predicted octanol–water partition coefficient (Wildman–Crippen LogP) is 3.47. The van der Waals surface area contributed by atoms with Crippen molar-refractivity contribution < 1.29 is 4.74 Å². The molecule has 0 fully saturated rings. The molecule has 2 aromatic rings. The van der Waals surface area contributed by atoms with Crippen LogP contribution in [-0.2, 0) is 4.74 Å². The summed E-state index contributed by atoms with van der Waals surface area (Å²) in [6, 6.07) is 16.9. The summed E-state index contributed by atoms with van der Waals surface area (Å²) in [5, 5.41) is 3.38. The Balaban J connectivity index is 1.62. The molecule has 0 aromatic heterocycles. The van der Waals surface area contributed by atoms with Gasteiger partial charge in [0.1, 0.15) is 12.6 Å². The molecule has 4 heteroatoms. The monoisotopic (exact) mass is 293 g/mol. The Hall–Kier alpha value is -2.75. The zero-order valence-corrected chi connectivity index (χ0v) is 12.5. The zero-order valence-electron chi connectivity index (χ0n) is 12.5. The first kappa shape index (κ1) is 14.2. The van der Waals surface area contributed by atoms with E-state index < -0.39 is 0 Å². The van der Waals surface area contributed by atoms with Crippen molar-refractivity contribution in [3.63, 3.8) is 0 Å². The van der Waals surface area contributed by atoms with Gasteiger partial charge in [0, 0.05) is 11.4 Å². The molecule has 0 bridgehead atoms. The number of aliphatic imine (C=N–C) groups is 1. The molecule has 0 amide bonds. The molecule has 3 rings (SSSR count). The van der Waals surface area contributed by atoms with Gasteiger partial charge >= 0.3 is 0 Å². The smallest absolute Gasteiger partial charge is 0.282 e. The first-order valence-electron chi connectivity index (χ1n) is 7.27. The lowest BCUT2D eigenvalue weighted by atomic mass is 10.1. The topological polar surface area (TPSA) is 59.6 Å². The van der Waals surface area contributed by atoms with Crippen molar-refractivity contribution in [2.24, 2.45) is 10.7 Å². The van der Waals surface area contributed by atoms with Crippen LogP contribution < -0.4 is 11.1 Å². The van der Waals surface area contributed by atoms with Crippen molar-refractivity contribution >= 4 is 23.5 Å². The molecular weight excluding hydrogens is 274 g/mol. The van der Waals surface area contributed by atoms with Crippen LogP contribution in [-0.4, -0.2) is 18.7 Å². The van der Waals surface area contributed by atoms with Gasteiger partial charge in [-0.3, -0.25) is 0 Å². The lowest BCUT2D eigenvalue weighted by Crippen LogP contribution is -2.10. The number of nitrogens with two attached hydrogens (primary N) is 1. The first-order valence-corrected chi connectivity index (χ1v) is 7.27. The largest absolute Gasteiger partial charge is 0.463 e. The molecule has 1 aliphatic heterocycles. The summed E-state index contributed by atoms with van der Waals surface area (Å²) in [4.78, 5) is 4.16. The molecule has 0 radical (unpaired) electrons. The Morgan fingerprint density at radius 3 is 2.32 bits per heavy atom. The molecule has 0 aliphatic carbocycles. The highest BCUT2D eigenvalue weighted by atomic mass is 16.5. The highest BCUT2D eigenvalue weighted by Crippen LogP contribution is 2.18. The van der Waals surface area contributed by atoms with Gasteiger partial charge in [0.2, 0.25) is 0 Å². The number of hydrogen-bond acceptors (Lipinski definition) is 4. The van der Waals surface area contributed by atoms with E-state index in [2.05, 4.69) is 65.8 Å². The van der Waals surface area contributed by atoms with Crippen LogP contribution in [0, 0.1) is 6.92 Å². The zero-order chi connectivity index (χ0) is 15.4. The number of anilines is 2. The average molecular weight is 293 g/mol. The molecule has 2 aromatic carbocycles. The maximum absolute atomic E-state index is 5.48. The molecular formula is C18H19N3O. The van der Waals surface area contributed by atoms with Crippen molar-refractivity contribution in [3.8, 4) is 0 Å². The van der Waals surface area contributed by atoms with E-state index in [4.69, 9.17) is 10.5 Å². The number of hydrogen-bond donors (Lipinski definition) is 2. The second-order valence-corrected chi connectivity index (χ2v) is 5.32. The van der Waals surface area contributed by atoms with Gasteiger partial charge in [-0.1, -0.05) is 42.0 Å². The molecule has 1 aliphatic rings. The standard InChI is InChI=1S/C18H19N3O/c1-13-2-7-15(8-3-13)20-16-9-4-14(5-10-16)6-11-17-12-22-18(19)21-17/h2-11,17,20H,12H2,1H3,(H2,19,21). The van der Waals surface area contributed by atoms with E-state index in [1.807, 2.05) is 12.2 Å². The molecule has 0 spiro atoms. The number of nitrogens with one attached hydrogen (secondary N) is 1. The van der Waals surface area contributed by atoms with Crippen LogP contribution >= 0.6 is 0 Å². The Kier molecular flexibility index (Phi) is 4.10. The van der Waals surface area contributed by atoms with Crippen LogP contribution in [0.25, 0.3) is 6.08 Å². The maximum atomic E-state index is 5.48. The van der Waals surface area contributed by atoms with Crippen LogP contribution in [0.2, 0.25) is 0 Å². The highest BCUT2D eigenvalue weighted by molar-refractivity contribution is 5.73. The summed E-state index contributed by atoms with van der Waals surface area (Å²) in [5.74, 6) is 0. The second-order valence-electron chi connectivity index (χ2n) is 5.32. The van der Waals surface area contributed by atoms with E-state index in [1.54, 1.807) is 0 Å². The van der Waals surface area contributed by atoms with Crippen molar-refractivity contribution in [2.45, 2.75) is 13.0 Å². The first-order chi connectivity index (χ1) is 10.7. The summed E-state index contributed by atoms with van der Waals surface area (Å²) >= 11 is 0. The number of rotatable bonds is 4. The molecule has 1 atom stereocenters. The van der Waals surface area contributed by atoms with Crippen LogP contribution in [0.4, 0.5) is 11.4 Å². The molecule has 22 heavy (non-hydrogen) atoms. The number of aryl methyl sites for hydroxylation is 1. The van der Waals surface area contributed by atoms with Gasteiger partial charge in [-0.2, -0.15) is 0 Å². The van der Waals surface area contributed by atoms with Crippen molar-refractivity contribution in [1.29, 1.82) is 0 Å². The number of nitrogens with zero attached hydrogens (tertiary/aromatic N) is 1. The van der Waals surface area contributed by atoms with Crippen LogP contribution in [0.15, 0.2) is 59.6 Å². The van der Waals surface area contributed by atoms with E-state index in [1.165, 1.54) is 5.56 Å². The van der Waals surface area contributed by atoms with Crippen molar-refractivity contribution in [3.05, 3.63) is 65.7 Å². The SMILES string of the molecule is Cc1ccc(Nc2ccc(C=CC3COC(N)=N3)cc2)cc1. The van der Waals surface area contributed by atoms with E-state index >= 15 is 0 Å². The molecule has 0 saturated carbocycles. The Morgan fingerprint density at radius 1 is 1.09 bits per heavy atom. The van der Waals surface area contributed by atoms with Gasteiger partial charge in [0.15, 0.2) is 0 Å². The fourth-order valence-corrected chi connectivity index (χ4v) is 2.21. The predicted molar refractivity (Wildman–Crippen MR) is 91.3 cm³/mol. The Morgan fingerprint density at radius 2 is 1.73 bits per heavy atom. The van der Waals surface area contributed by atoms with Crippen LogP contribution in [0.5, 0.6) is 0 Å². The summed E-state index contributed by atoms with van der Waals surface area (Å²) in [5.41, 5.74) is 10.0. The minimum Gasteiger partial charge on any atom is -0.463 e. The number of benzene rings is 2. The van der Waals surface area contributed by atoms with Gasteiger partial charge in [-0.15, -0.1) is 0 Å². The summed E-state index contributed by atoms with van der Waals surface area (Å²) < 4.78 is 5.11. The molecule has 112 valence electrons. The van der Waals surface area contributed by atoms with E-state index in [9.17, 15) is 0 Å². The third-order valence-electron chi connectivity index (χ3n) is 3.46. The molecule has 1 unspecified atom stereocenters. The molecule has 3 N–H and O–H groups in total. The van der Waals surface area contributed by atoms with Crippen LogP contribution in [0.1, 0.15) is 11.1 Å². The Bertz CT molecular complexity index is 687. The number of amidine groups is 1. The second kappa shape index (κ2) is 6.35. The fraction of sp³-hybridized carbons (Fsp3) is 0.167. The fourth-order valence-electron chi connectivity index (χ4n) is 2.21.